The molecule has 6 heteroatoms. The zero-order valence-corrected chi connectivity index (χ0v) is 22.6. The molecule has 1 unspecified atom stereocenters. The van der Waals surface area contributed by atoms with Gasteiger partial charge in [-0.1, -0.05) is 57.2 Å². The molecule has 1 fully saturated rings. The lowest BCUT2D eigenvalue weighted by Gasteiger charge is -2.26. The van der Waals surface area contributed by atoms with E-state index in [4.69, 9.17) is 4.74 Å². The first-order valence-electron chi connectivity index (χ1n) is 12.6. The number of benzene rings is 3. The minimum absolute atomic E-state index is 0.0725. The van der Waals surface area contributed by atoms with Crippen molar-refractivity contribution in [2.45, 2.75) is 39.2 Å². The van der Waals surface area contributed by atoms with Gasteiger partial charge in [-0.15, -0.1) is 0 Å². The van der Waals surface area contributed by atoms with Crippen molar-refractivity contribution in [3.63, 3.8) is 0 Å². The third-order valence-corrected chi connectivity index (χ3v) is 7.36. The van der Waals surface area contributed by atoms with Crippen LogP contribution < -0.4 is 9.64 Å². The number of aromatic nitrogens is 1. The number of amides is 1. The zero-order chi connectivity index (χ0) is 27.4. The predicted molar refractivity (Wildman–Crippen MR) is 151 cm³/mol. The van der Waals surface area contributed by atoms with Gasteiger partial charge in [0.05, 0.1) is 18.7 Å². The van der Waals surface area contributed by atoms with Crippen LogP contribution in [0.1, 0.15) is 49.1 Å². The summed E-state index contributed by atoms with van der Waals surface area (Å²) < 4.78 is 7.38. The van der Waals surface area contributed by atoms with E-state index >= 15 is 0 Å². The van der Waals surface area contributed by atoms with Crippen molar-refractivity contribution in [1.82, 2.24) is 4.57 Å². The molecule has 0 saturated carbocycles. The summed E-state index contributed by atoms with van der Waals surface area (Å²) in [5.41, 5.74) is 4.54. The number of nitrogens with zero attached hydrogens (tertiary/aromatic N) is 2. The highest BCUT2D eigenvalue weighted by Crippen LogP contribution is 2.45. The van der Waals surface area contributed by atoms with Gasteiger partial charge in [-0.05, 0) is 47.7 Å². The number of anilines is 1. The first-order chi connectivity index (χ1) is 18.0. The Bertz CT molecular complexity index is 1620. The predicted octanol–water partition coefficient (Wildman–Crippen LogP) is 6.42. The highest BCUT2D eigenvalue weighted by atomic mass is 16.5. The first kappa shape index (κ1) is 25.3. The Morgan fingerprint density at radius 3 is 2.42 bits per heavy atom. The molecule has 0 radical (unpaired) electrons. The topological polar surface area (TPSA) is 71.8 Å². The number of ketones is 1. The lowest BCUT2D eigenvalue weighted by molar-refractivity contribution is -0.132. The fourth-order valence-corrected chi connectivity index (χ4v) is 5.23. The molecule has 1 aromatic heterocycles. The minimum atomic E-state index is -0.828. The number of carbonyl (C=O) groups excluding carboxylic acids is 2. The van der Waals surface area contributed by atoms with Gasteiger partial charge < -0.3 is 14.4 Å². The van der Waals surface area contributed by atoms with E-state index in [1.807, 2.05) is 67.2 Å². The van der Waals surface area contributed by atoms with Gasteiger partial charge in [0.25, 0.3) is 11.7 Å². The second-order valence-corrected chi connectivity index (χ2v) is 10.9. The molecule has 1 saturated heterocycles. The van der Waals surface area contributed by atoms with Crippen LogP contribution in [0.2, 0.25) is 0 Å². The summed E-state index contributed by atoms with van der Waals surface area (Å²) in [6.07, 6.45) is 1.93. The molecule has 5 rings (SSSR count). The standard InChI is InChI=1S/C32H32N2O4/c1-19-14-15-20(32(2,3)4)16-24(19)29(35)27-28(25-18-33(5)26-13-8-7-12-23(25)26)34(31(37)30(27)36)21-10-9-11-22(17-21)38-6/h7-18,28,35H,1-6H3/b29-27+. The van der Waals surface area contributed by atoms with Gasteiger partial charge in [-0.2, -0.15) is 0 Å². The number of rotatable bonds is 4. The molecule has 0 aliphatic carbocycles. The number of aliphatic hydroxyl groups excluding tert-OH is 1. The number of Topliss-reactive ketones (excluding diaryl/α,β-unsaturated/α-hetero) is 1. The molecule has 1 amide bonds. The van der Waals surface area contributed by atoms with Crippen LogP contribution in [0.3, 0.4) is 0 Å². The molecule has 0 bridgehead atoms. The summed E-state index contributed by atoms with van der Waals surface area (Å²) in [5, 5.41) is 12.7. The van der Waals surface area contributed by atoms with Crippen molar-refractivity contribution < 1.29 is 19.4 Å². The number of para-hydroxylation sites is 1. The largest absolute Gasteiger partial charge is 0.507 e. The number of hydrogen-bond acceptors (Lipinski definition) is 4. The zero-order valence-electron chi connectivity index (χ0n) is 22.6. The number of methoxy groups -OCH3 is 1. The molecule has 1 N–H and O–H groups in total. The van der Waals surface area contributed by atoms with E-state index in [1.54, 1.807) is 31.4 Å². The number of aliphatic hydroxyl groups is 1. The maximum atomic E-state index is 13.7. The monoisotopic (exact) mass is 508 g/mol. The molecular weight excluding hydrogens is 476 g/mol. The van der Waals surface area contributed by atoms with E-state index in [0.717, 1.165) is 27.6 Å². The van der Waals surface area contributed by atoms with E-state index in [1.165, 1.54) is 4.90 Å². The first-order valence-corrected chi connectivity index (χ1v) is 12.6. The second-order valence-electron chi connectivity index (χ2n) is 10.9. The molecule has 1 aliphatic heterocycles. The number of fused-ring (bicyclic) bond motifs is 1. The smallest absolute Gasteiger partial charge is 0.300 e. The third kappa shape index (κ3) is 4.06. The van der Waals surface area contributed by atoms with E-state index in [-0.39, 0.29) is 16.7 Å². The number of hydrogen-bond donors (Lipinski definition) is 1. The average molecular weight is 509 g/mol. The van der Waals surface area contributed by atoms with E-state index in [0.29, 0.717) is 17.0 Å². The SMILES string of the molecule is COc1cccc(N2C(=O)C(=O)/C(=C(/O)c3cc(C(C)(C)C)ccc3C)C2c2cn(C)c3ccccc23)c1. The van der Waals surface area contributed by atoms with Gasteiger partial charge in [0.1, 0.15) is 11.5 Å². The van der Waals surface area contributed by atoms with Crippen LogP contribution in [0.4, 0.5) is 5.69 Å². The molecule has 6 nitrogen and oxygen atoms in total. The molecule has 4 aromatic rings. The summed E-state index contributed by atoms with van der Waals surface area (Å²) in [4.78, 5) is 28.9. The van der Waals surface area contributed by atoms with Crippen LogP contribution in [0.15, 0.2) is 78.5 Å². The van der Waals surface area contributed by atoms with Gasteiger partial charge in [0, 0.05) is 47.0 Å². The van der Waals surface area contributed by atoms with Gasteiger partial charge in [-0.25, -0.2) is 0 Å². The molecule has 38 heavy (non-hydrogen) atoms. The minimum Gasteiger partial charge on any atom is -0.507 e. The van der Waals surface area contributed by atoms with Crippen LogP contribution in [0.5, 0.6) is 5.75 Å². The summed E-state index contributed by atoms with van der Waals surface area (Å²) in [5.74, 6) is -1.02. The fourth-order valence-electron chi connectivity index (χ4n) is 5.23. The average Bonchev–Trinajstić information content (AvgIpc) is 3.36. The third-order valence-electron chi connectivity index (χ3n) is 7.36. The molecule has 194 valence electrons. The molecular formula is C32H32N2O4. The Morgan fingerprint density at radius 1 is 0.974 bits per heavy atom. The normalized spacial score (nSPS) is 17.4. The number of aryl methyl sites for hydroxylation is 2. The summed E-state index contributed by atoms with van der Waals surface area (Å²) in [6, 6.07) is 20.0. The van der Waals surface area contributed by atoms with Crippen LogP contribution in [0, 0.1) is 6.92 Å². The van der Waals surface area contributed by atoms with E-state index < -0.39 is 17.7 Å². The van der Waals surface area contributed by atoms with Crippen LogP contribution in [0.25, 0.3) is 16.7 Å². The Hall–Kier alpha value is -4.32. The van der Waals surface area contributed by atoms with E-state index in [9.17, 15) is 14.7 Å². The Labute approximate surface area is 222 Å². The molecule has 3 aromatic carbocycles. The summed E-state index contributed by atoms with van der Waals surface area (Å²) in [7, 11) is 3.49. The van der Waals surface area contributed by atoms with Crippen LogP contribution >= 0.6 is 0 Å². The van der Waals surface area contributed by atoms with Crippen molar-refractivity contribution in [3.05, 3.63) is 101 Å². The molecule has 0 spiro atoms. The molecule has 2 heterocycles. The quantitative estimate of drug-likeness (QED) is 0.196. The Kier molecular flexibility index (Phi) is 6.14. The lowest BCUT2D eigenvalue weighted by Crippen LogP contribution is -2.29. The fraction of sp³-hybridized carbons (Fsp3) is 0.250. The summed E-state index contributed by atoms with van der Waals surface area (Å²) in [6.45, 7) is 8.19. The summed E-state index contributed by atoms with van der Waals surface area (Å²) >= 11 is 0. The Balaban J connectivity index is 1.82. The van der Waals surface area contributed by atoms with E-state index in [2.05, 4.69) is 20.8 Å². The van der Waals surface area contributed by atoms with Crippen molar-refractivity contribution >= 4 is 34.0 Å². The number of ether oxygens (including phenoxy) is 1. The van der Waals surface area contributed by atoms with Crippen LogP contribution in [-0.4, -0.2) is 28.5 Å². The van der Waals surface area contributed by atoms with Crippen LogP contribution in [-0.2, 0) is 22.1 Å². The highest BCUT2D eigenvalue weighted by molar-refractivity contribution is 6.52. The lowest BCUT2D eigenvalue weighted by atomic mass is 9.84. The highest BCUT2D eigenvalue weighted by Gasteiger charge is 2.48. The second kappa shape index (κ2) is 9.21. The van der Waals surface area contributed by atoms with Crippen molar-refractivity contribution in [3.8, 4) is 5.75 Å². The van der Waals surface area contributed by atoms with Gasteiger partial charge in [-0.3, -0.25) is 14.5 Å². The van der Waals surface area contributed by atoms with Crippen molar-refractivity contribution in [1.29, 1.82) is 0 Å². The number of carbonyl (C=O) groups is 2. The van der Waals surface area contributed by atoms with Gasteiger partial charge in [0.15, 0.2) is 0 Å². The van der Waals surface area contributed by atoms with Crippen molar-refractivity contribution in [2.24, 2.45) is 7.05 Å². The maximum absolute atomic E-state index is 13.7. The van der Waals surface area contributed by atoms with Gasteiger partial charge >= 0.3 is 0 Å². The van der Waals surface area contributed by atoms with Crippen molar-refractivity contribution in [2.75, 3.05) is 12.0 Å². The molecule has 1 atom stereocenters. The maximum Gasteiger partial charge on any atom is 0.300 e. The molecule has 1 aliphatic rings. The van der Waals surface area contributed by atoms with Gasteiger partial charge in [0.2, 0.25) is 0 Å². The Morgan fingerprint density at radius 2 is 1.71 bits per heavy atom.